The molecule has 7 N–H and O–H groups in total. The maximum atomic E-state index is 13.6. The first-order valence-electron chi connectivity index (χ1n) is 15.4. The maximum Gasteiger partial charge on any atom is 0.413 e. The summed E-state index contributed by atoms with van der Waals surface area (Å²) in [6.45, 7) is 4.66. The highest BCUT2D eigenvalue weighted by atomic mass is 16.6. The summed E-state index contributed by atoms with van der Waals surface area (Å²) < 4.78 is 4.88. The quantitative estimate of drug-likeness (QED) is 0.192. The number of nitrogens with zero attached hydrogens (tertiary/aromatic N) is 5. The summed E-state index contributed by atoms with van der Waals surface area (Å²) in [6.07, 6.45) is 5.19. The smallest absolute Gasteiger partial charge is 0.397 e. The number of nitrogens with one attached hydrogen (secondary N) is 3. The summed E-state index contributed by atoms with van der Waals surface area (Å²) in [5, 5.41) is 17.9. The molecule has 1 atom stereocenters. The van der Waals surface area contributed by atoms with Crippen molar-refractivity contribution in [2.45, 2.75) is 19.8 Å². The van der Waals surface area contributed by atoms with E-state index in [1.54, 1.807) is 36.2 Å². The number of likely N-dealkylation sites (tertiary alicyclic amines) is 1. The van der Waals surface area contributed by atoms with E-state index in [0.717, 1.165) is 17.4 Å². The molecule has 4 rings (SSSR count). The number of aliphatic imine (C=N–C) groups is 1. The Morgan fingerprint density at radius 1 is 1.19 bits per heavy atom. The summed E-state index contributed by atoms with van der Waals surface area (Å²) in [5.41, 5.74) is 16.2. The van der Waals surface area contributed by atoms with Gasteiger partial charge in [-0.15, -0.1) is 0 Å². The fraction of sp³-hybridized carbons (Fsp3) is 0.364. The standard InChI is InChI=1S/C33H42N10O4/c1-4-43(27-10-9-26(35)30(40-27)29(36)25(17-34)18-38-2)32(45)24-11-14-41(19-24)20-28(44)42-15-12-22(13-16-42)21-5-7-23(8-6-21)31(37)47-33(46)39-3/h5-10,12,17-18,24,34,37H,4,11,13-16,19-20,35-36H2,1-3H3,(H,39,46)/t24-/m1/s1. The molecule has 14 nitrogen and oxygen atoms in total. The molecular formula is C33H42N10O4. The van der Waals surface area contributed by atoms with E-state index in [1.807, 2.05) is 34.9 Å². The number of rotatable bonds is 10. The van der Waals surface area contributed by atoms with Crippen LogP contribution in [0.15, 0.2) is 53.0 Å². The van der Waals surface area contributed by atoms with Crippen LogP contribution >= 0.6 is 0 Å². The summed E-state index contributed by atoms with van der Waals surface area (Å²) in [7, 11) is 3.01. The zero-order valence-corrected chi connectivity index (χ0v) is 27.0. The number of allylic oxidation sites excluding steroid dienone is 1. The molecule has 1 aromatic heterocycles. The van der Waals surface area contributed by atoms with Crippen LogP contribution in [0, 0.1) is 16.7 Å². The van der Waals surface area contributed by atoms with Gasteiger partial charge in [0, 0.05) is 63.8 Å². The SMILES string of the molecule is CCN(C(=O)[C@@H]1CCN(CC(=O)N2CC=C(c3ccc(C(=N)OC(=O)NC)cc3)CC2)C1)c1ccc(N)c(C(N)=C(C=N)C=NC)n1. The number of pyridine rings is 1. The van der Waals surface area contributed by atoms with Crippen molar-refractivity contribution in [2.24, 2.45) is 16.6 Å². The third-order valence-electron chi connectivity index (χ3n) is 8.22. The Bertz CT molecular complexity index is 1620. The molecule has 248 valence electrons. The molecule has 1 fully saturated rings. The molecule has 47 heavy (non-hydrogen) atoms. The first kappa shape index (κ1) is 34.5. The minimum Gasteiger partial charge on any atom is -0.397 e. The molecule has 0 radical (unpaired) electrons. The first-order valence-corrected chi connectivity index (χ1v) is 15.4. The van der Waals surface area contributed by atoms with E-state index in [-0.39, 0.29) is 41.6 Å². The van der Waals surface area contributed by atoms with Crippen molar-refractivity contribution in [1.29, 1.82) is 10.8 Å². The molecule has 2 aliphatic rings. The molecular weight excluding hydrogens is 600 g/mol. The number of hydrogen-bond acceptors (Lipinski definition) is 11. The summed E-state index contributed by atoms with van der Waals surface area (Å²) in [4.78, 5) is 52.2. The first-order chi connectivity index (χ1) is 22.6. The molecule has 0 aliphatic carbocycles. The lowest BCUT2D eigenvalue weighted by atomic mass is 9.98. The molecule has 3 heterocycles. The Morgan fingerprint density at radius 2 is 1.94 bits per heavy atom. The molecule has 1 saturated heterocycles. The lowest BCUT2D eigenvalue weighted by Crippen LogP contribution is -2.42. The second-order valence-electron chi connectivity index (χ2n) is 11.2. The van der Waals surface area contributed by atoms with E-state index in [2.05, 4.69) is 15.3 Å². The van der Waals surface area contributed by atoms with Crippen LogP contribution in [0.5, 0.6) is 0 Å². The number of ether oxygens (including phenoxy) is 1. The molecule has 1 aromatic carbocycles. The highest BCUT2D eigenvalue weighted by Crippen LogP contribution is 2.27. The average molecular weight is 643 g/mol. The highest BCUT2D eigenvalue weighted by molar-refractivity contribution is 6.10. The van der Waals surface area contributed by atoms with Crippen LogP contribution in [-0.4, -0.2) is 104 Å². The van der Waals surface area contributed by atoms with Crippen LogP contribution in [0.1, 0.15) is 36.6 Å². The van der Waals surface area contributed by atoms with Crippen LogP contribution in [0.2, 0.25) is 0 Å². The van der Waals surface area contributed by atoms with E-state index < -0.39 is 6.09 Å². The van der Waals surface area contributed by atoms with Gasteiger partial charge < -0.3 is 31.8 Å². The van der Waals surface area contributed by atoms with Crippen LogP contribution in [0.3, 0.4) is 0 Å². The largest absolute Gasteiger partial charge is 0.413 e. The normalized spacial score (nSPS) is 17.1. The van der Waals surface area contributed by atoms with Crippen molar-refractivity contribution in [1.82, 2.24) is 20.1 Å². The minimum absolute atomic E-state index is 0.0145. The zero-order chi connectivity index (χ0) is 34.1. The predicted molar refractivity (Wildman–Crippen MR) is 184 cm³/mol. The number of carbonyl (C=O) groups is 3. The van der Waals surface area contributed by atoms with Gasteiger partial charge in [0.05, 0.1) is 23.8 Å². The number of anilines is 2. The molecule has 14 heteroatoms. The third-order valence-corrected chi connectivity index (χ3v) is 8.22. The average Bonchev–Trinajstić information content (AvgIpc) is 3.56. The van der Waals surface area contributed by atoms with E-state index in [1.165, 1.54) is 13.3 Å². The lowest BCUT2D eigenvalue weighted by Gasteiger charge is -2.29. The van der Waals surface area contributed by atoms with E-state index in [4.69, 9.17) is 27.0 Å². The van der Waals surface area contributed by atoms with Gasteiger partial charge in [-0.2, -0.15) is 0 Å². The maximum absolute atomic E-state index is 13.6. The molecule has 3 amide bonds. The Balaban J connectivity index is 1.34. The summed E-state index contributed by atoms with van der Waals surface area (Å²) in [6, 6.07) is 10.5. The molecule has 0 spiro atoms. The molecule has 2 aromatic rings. The van der Waals surface area contributed by atoms with Crippen molar-refractivity contribution in [3.63, 3.8) is 0 Å². The number of benzene rings is 1. The van der Waals surface area contributed by atoms with E-state index in [9.17, 15) is 14.4 Å². The molecule has 0 unspecified atom stereocenters. The number of nitrogen functional groups attached to an aromatic ring is 1. The Morgan fingerprint density at radius 3 is 2.55 bits per heavy atom. The second-order valence-corrected chi connectivity index (χ2v) is 11.2. The lowest BCUT2D eigenvalue weighted by molar-refractivity contribution is -0.132. The van der Waals surface area contributed by atoms with Crippen molar-refractivity contribution in [2.75, 3.05) is 64.0 Å². The Kier molecular flexibility index (Phi) is 11.6. The van der Waals surface area contributed by atoms with Crippen LogP contribution in [-0.2, 0) is 14.3 Å². The van der Waals surface area contributed by atoms with Gasteiger partial charge in [0.25, 0.3) is 0 Å². The zero-order valence-electron chi connectivity index (χ0n) is 27.0. The summed E-state index contributed by atoms with van der Waals surface area (Å²) >= 11 is 0. The number of nitrogens with two attached hydrogens (primary N) is 2. The molecule has 2 aliphatic heterocycles. The number of amides is 3. The van der Waals surface area contributed by atoms with Gasteiger partial charge in [0.1, 0.15) is 11.5 Å². The molecule has 0 bridgehead atoms. The van der Waals surface area contributed by atoms with E-state index >= 15 is 0 Å². The predicted octanol–water partition coefficient (Wildman–Crippen LogP) is 2.36. The number of alkyl carbamates (subject to hydrolysis) is 1. The Hall–Kier alpha value is -5.37. The number of hydrogen-bond donors (Lipinski definition) is 5. The fourth-order valence-electron chi connectivity index (χ4n) is 5.60. The van der Waals surface area contributed by atoms with Gasteiger partial charge in [-0.25, -0.2) is 9.78 Å². The second kappa shape index (κ2) is 15.8. The van der Waals surface area contributed by atoms with Crippen LogP contribution in [0.4, 0.5) is 16.3 Å². The van der Waals surface area contributed by atoms with Gasteiger partial charge in [-0.1, -0.05) is 18.2 Å². The monoisotopic (exact) mass is 642 g/mol. The minimum atomic E-state index is -0.695. The van der Waals surface area contributed by atoms with Gasteiger partial charge >= 0.3 is 6.09 Å². The van der Waals surface area contributed by atoms with Crippen LogP contribution < -0.4 is 21.7 Å². The van der Waals surface area contributed by atoms with Gasteiger partial charge in [-0.05, 0) is 61.7 Å². The summed E-state index contributed by atoms with van der Waals surface area (Å²) in [5.74, 6) is -0.174. The van der Waals surface area contributed by atoms with Crippen molar-refractivity contribution in [3.8, 4) is 0 Å². The topological polar surface area (TPSA) is 207 Å². The van der Waals surface area contributed by atoms with Crippen molar-refractivity contribution < 1.29 is 19.1 Å². The number of carbonyl (C=O) groups excluding carboxylic acids is 3. The Labute approximate surface area is 274 Å². The van der Waals surface area contributed by atoms with Crippen molar-refractivity contribution in [3.05, 3.63) is 64.9 Å². The highest BCUT2D eigenvalue weighted by Gasteiger charge is 2.34. The van der Waals surface area contributed by atoms with Gasteiger partial charge in [0.15, 0.2) is 0 Å². The third kappa shape index (κ3) is 8.27. The fourth-order valence-corrected chi connectivity index (χ4v) is 5.60. The van der Waals surface area contributed by atoms with E-state index in [0.29, 0.717) is 68.2 Å². The van der Waals surface area contributed by atoms with Crippen molar-refractivity contribution >= 4 is 59.0 Å². The number of aromatic nitrogens is 1. The van der Waals surface area contributed by atoms with Crippen LogP contribution in [0.25, 0.3) is 11.3 Å². The van der Waals surface area contributed by atoms with Gasteiger partial charge in [-0.3, -0.25) is 29.8 Å². The molecule has 0 saturated carbocycles. The van der Waals surface area contributed by atoms with Gasteiger partial charge in [0.2, 0.25) is 17.7 Å².